The summed E-state index contributed by atoms with van der Waals surface area (Å²) in [5.41, 5.74) is 4.60. The van der Waals surface area contributed by atoms with Crippen LogP contribution in [0.15, 0.2) is 97.5 Å². The fourth-order valence-corrected chi connectivity index (χ4v) is 4.93. The number of amides is 2. The van der Waals surface area contributed by atoms with Crippen molar-refractivity contribution in [1.82, 2.24) is 15.3 Å². The van der Waals surface area contributed by atoms with Crippen LogP contribution in [0.2, 0.25) is 0 Å². The molecule has 2 N–H and O–H groups in total. The van der Waals surface area contributed by atoms with Gasteiger partial charge in [-0.2, -0.15) is 5.26 Å². The second-order valence-corrected chi connectivity index (χ2v) is 9.50. The Balaban J connectivity index is 1.29. The number of hydrogen-bond donors (Lipinski definition) is 2. The van der Waals surface area contributed by atoms with Crippen LogP contribution >= 0.6 is 0 Å². The van der Waals surface area contributed by atoms with E-state index in [1.54, 1.807) is 18.5 Å². The van der Waals surface area contributed by atoms with Crippen LogP contribution in [0.4, 0.5) is 16.3 Å². The smallest absolute Gasteiger partial charge is 0.322 e. The minimum Gasteiger partial charge on any atom is -0.367 e. The molecular formula is C31H30N6O. The highest BCUT2D eigenvalue weighted by molar-refractivity contribution is 5.93. The third-order valence-electron chi connectivity index (χ3n) is 6.95. The van der Waals surface area contributed by atoms with E-state index >= 15 is 0 Å². The first-order valence-corrected chi connectivity index (χ1v) is 12.9. The number of urea groups is 1. The molecule has 1 fully saturated rings. The van der Waals surface area contributed by atoms with Crippen molar-refractivity contribution in [1.29, 1.82) is 5.26 Å². The normalized spacial score (nSPS) is 16.7. The van der Waals surface area contributed by atoms with Gasteiger partial charge in [0.15, 0.2) is 0 Å². The minimum atomic E-state index is -0.0897. The maximum absolute atomic E-state index is 13.6. The Morgan fingerprint density at radius 2 is 1.68 bits per heavy atom. The zero-order valence-corrected chi connectivity index (χ0v) is 21.1. The summed E-state index contributed by atoms with van der Waals surface area (Å²) in [6.45, 7) is 0.477. The van der Waals surface area contributed by atoms with Crippen LogP contribution in [0.5, 0.6) is 0 Å². The SMILES string of the molecule is N#Cc1ccc(NC2CCC(N(C(=O)NCc3ccccc3)c3ccc(-c4cccnc4)cc3)CC2)nc1. The van der Waals surface area contributed by atoms with E-state index in [4.69, 9.17) is 5.26 Å². The van der Waals surface area contributed by atoms with Gasteiger partial charge in [0.25, 0.3) is 0 Å². The quantitative estimate of drug-likeness (QED) is 0.316. The van der Waals surface area contributed by atoms with Gasteiger partial charge in [-0.1, -0.05) is 48.5 Å². The lowest BCUT2D eigenvalue weighted by Crippen LogP contribution is -2.48. The summed E-state index contributed by atoms with van der Waals surface area (Å²) in [6.07, 6.45) is 8.77. The number of hydrogen-bond acceptors (Lipinski definition) is 5. The predicted molar refractivity (Wildman–Crippen MR) is 149 cm³/mol. The molecule has 2 aromatic heterocycles. The highest BCUT2D eigenvalue weighted by Gasteiger charge is 2.30. The first-order chi connectivity index (χ1) is 18.7. The molecule has 0 bridgehead atoms. The molecule has 2 heterocycles. The monoisotopic (exact) mass is 502 g/mol. The van der Waals surface area contributed by atoms with Crippen molar-refractivity contribution >= 4 is 17.5 Å². The van der Waals surface area contributed by atoms with Crippen LogP contribution in [-0.4, -0.2) is 28.1 Å². The van der Waals surface area contributed by atoms with Crippen LogP contribution in [0.3, 0.4) is 0 Å². The largest absolute Gasteiger partial charge is 0.367 e. The summed E-state index contributed by atoms with van der Waals surface area (Å²) < 4.78 is 0. The molecule has 2 aromatic carbocycles. The summed E-state index contributed by atoms with van der Waals surface area (Å²) in [5.74, 6) is 0.774. The number of nitriles is 1. The predicted octanol–water partition coefficient (Wildman–Crippen LogP) is 6.15. The lowest BCUT2D eigenvalue weighted by molar-refractivity contribution is 0.240. The molecule has 7 heteroatoms. The van der Waals surface area contributed by atoms with E-state index in [0.717, 1.165) is 53.9 Å². The molecule has 0 aliphatic heterocycles. The van der Waals surface area contributed by atoms with Gasteiger partial charge in [-0.15, -0.1) is 0 Å². The van der Waals surface area contributed by atoms with Crippen LogP contribution in [0, 0.1) is 11.3 Å². The maximum Gasteiger partial charge on any atom is 0.322 e. The number of carbonyl (C=O) groups is 1. The summed E-state index contributed by atoms with van der Waals surface area (Å²) in [5, 5.41) is 15.6. The average molecular weight is 503 g/mol. The number of benzene rings is 2. The van der Waals surface area contributed by atoms with E-state index in [2.05, 4.69) is 26.7 Å². The van der Waals surface area contributed by atoms with E-state index in [9.17, 15) is 4.79 Å². The van der Waals surface area contributed by atoms with Gasteiger partial charge in [-0.05, 0) is 72.7 Å². The third kappa shape index (κ3) is 6.16. The molecule has 0 radical (unpaired) electrons. The molecule has 190 valence electrons. The Bertz CT molecular complexity index is 1360. The van der Waals surface area contributed by atoms with Crippen molar-refractivity contribution in [3.05, 3.63) is 109 Å². The molecule has 0 saturated heterocycles. The molecule has 7 nitrogen and oxygen atoms in total. The van der Waals surface area contributed by atoms with Crippen molar-refractivity contribution in [2.24, 2.45) is 0 Å². The summed E-state index contributed by atoms with van der Waals surface area (Å²) in [7, 11) is 0. The van der Waals surface area contributed by atoms with Gasteiger partial charge in [0.2, 0.25) is 0 Å². The lowest BCUT2D eigenvalue weighted by atomic mass is 9.89. The standard InChI is InChI=1S/C31H30N6O/c32-19-24-8-17-30(34-21-24)36-27-11-15-29(16-12-27)37(31(38)35-20-23-5-2-1-3-6-23)28-13-9-25(10-14-28)26-7-4-18-33-22-26/h1-10,13-14,17-18,21-22,27,29H,11-12,15-16,20H2,(H,34,36)(H,35,38). The van der Waals surface area contributed by atoms with E-state index in [0.29, 0.717) is 12.1 Å². The zero-order valence-electron chi connectivity index (χ0n) is 21.1. The number of pyridine rings is 2. The lowest BCUT2D eigenvalue weighted by Gasteiger charge is -2.37. The van der Waals surface area contributed by atoms with Gasteiger partial charge in [-0.25, -0.2) is 9.78 Å². The van der Waals surface area contributed by atoms with Gasteiger partial charge < -0.3 is 10.6 Å². The van der Waals surface area contributed by atoms with Crippen molar-refractivity contribution in [3.8, 4) is 17.2 Å². The van der Waals surface area contributed by atoms with E-state index in [1.165, 1.54) is 0 Å². The van der Waals surface area contributed by atoms with Crippen LogP contribution in [-0.2, 0) is 6.54 Å². The van der Waals surface area contributed by atoms with Crippen LogP contribution in [0.25, 0.3) is 11.1 Å². The molecule has 1 aliphatic carbocycles. The van der Waals surface area contributed by atoms with Gasteiger partial charge >= 0.3 is 6.03 Å². The molecule has 38 heavy (non-hydrogen) atoms. The number of rotatable bonds is 7. The highest BCUT2D eigenvalue weighted by atomic mass is 16.2. The molecule has 0 spiro atoms. The van der Waals surface area contributed by atoms with E-state index in [1.807, 2.05) is 83.9 Å². The molecule has 2 amide bonds. The fourth-order valence-electron chi connectivity index (χ4n) is 4.93. The number of nitrogens with one attached hydrogen (secondary N) is 2. The Morgan fingerprint density at radius 3 is 2.34 bits per heavy atom. The van der Waals surface area contributed by atoms with Crippen molar-refractivity contribution < 1.29 is 4.79 Å². The Hall–Kier alpha value is -4.70. The Kier molecular flexibility index (Phi) is 7.90. The van der Waals surface area contributed by atoms with Crippen LogP contribution in [0.1, 0.15) is 36.8 Å². The molecule has 1 aliphatic rings. The number of carbonyl (C=O) groups excluding carboxylic acids is 1. The molecule has 0 atom stereocenters. The Morgan fingerprint density at radius 1 is 0.895 bits per heavy atom. The third-order valence-corrected chi connectivity index (χ3v) is 6.95. The second-order valence-electron chi connectivity index (χ2n) is 9.50. The highest BCUT2D eigenvalue weighted by Crippen LogP contribution is 2.31. The maximum atomic E-state index is 13.6. The zero-order chi connectivity index (χ0) is 26.2. The minimum absolute atomic E-state index is 0.0852. The van der Waals surface area contributed by atoms with Crippen molar-refractivity contribution in [2.45, 2.75) is 44.3 Å². The number of aromatic nitrogens is 2. The summed E-state index contributed by atoms with van der Waals surface area (Å²) in [4.78, 5) is 24.0. The van der Waals surface area contributed by atoms with Gasteiger partial charge in [0.1, 0.15) is 11.9 Å². The van der Waals surface area contributed by atoms with Gasteiger partial charge in [0.05, 0.1) is 5.56 Å². The molecule has 0 unspecified atom stereocenters. The van der Waals surface area contributed by atoms with Crippen LogP contribution < -0.4 is 15.5 Å². The van der Waals surface area contributed by atoms with E-state index in [-0.39, 0.29) is 18.1 Å². The summed E-state index contributed by atoms with van der Waals surface area (Å²) >= 11 is 0. The molecular weight excluding hydrogens is 472 g/mol. The average Bonchev–Trinajstić information content (AvgIpc) is 2.99. The van der Waals surface area contributed by atoms with E-state index < -0.39 is 0 Å². The fraction of sp³-hybridized carbons (Fsp3) is 0.226. The number of anilines is 2. The first-order valence-electron chi connectivity index (χ1n) is 12.9. The van der Waals surface area contributed by atoms with Gasteiger partial charge in [0, 0.05) is 42.9 Å². The topological polar surface area (TPSA) is 93.9 Å². The molecule has 4 aromatic rings. The van der Waals surface area contributed by atoms with Gasteiger partial charge in [-0.3, -0.25) is 9.88 Å². The second kappa shape index (κ2) is 12.0. The molecule has 1 saturated carbocycles. The molecule has 5 rings (SSSR count). The Labute approximate surface area is 223 Å². The van der Waals surface area contributed by atoms with Crippen molar-refractivity contribution in [2.75, 3.05) is 10.2 Å². The number of nitrogens with zero attached hydrogens (tertiary/aromatic N) is 4. The van der Waals surface area contributed by atoms with Crippen molar-refractivity contribution in [3.63, 3.8) is 0 Å². The first kappa shape index (κ1) is 25.0. The summed E-state index contributed by atoms with van der Waals surface area (Å²) in [6, 6.07) is 28.0.